The summed E-state index contributed by atoms with van der Waals surface area (Å²) in [7, 11) is 0. The molecule has 0 bridgehead atoms. The van der Waals surface area contributed by atoms with Gasteiger partial charge in [0, 0.05) is 6.42 Å². The van der Waals surface area contributed by atoms with Gasteiger partial charge in [-0.1, -0.05) is 27.7 Å². The minimum atomic E-state index is -0.324. The molecule has 0 spiro atoms. The van der Waals surface area contributed by atoms with E-state index in [1.54, 1.807) is 0 Å². The monoisotopic (exact) mass is 215 g/mol. The van der Waals surface area contributed by atoms with Crippen molar-refractivity contribution in [1.82, 2.24) is 5.48 Å². The molecule has 1 atom stereocenters. The van der Waals surface area contributed by atoms with E-state index in [4.69, 9.17) is 4.84 Å². The first-order chi connectivity index (χ1) is 7.19. The molecule has 0 aromatic heterocycles. The van der Waals surface area contributed by atoms with Gasteiger partial charge in [-0.3, -0.25) is 0 Å². The Hall–Kier alpha value is -0.540. The number of hydrogen-bond acceptors (Lipinski definition) is 3. The molecule has 90 valence electrons. The fraction of sp³-hybridized carbons (Fsp3) is 0.833. The predicted molar refractivity (Wildman–Crippen MR) is 63.3 cm³/mol. The second-order valence-electron chi connectivity index (χ2n) is 3.60. The Morgan fingerprint density at radius 1 is 1.13 bits per heavy atom. The Bertz CT molecular complexity index is 184. The van der Waals surface area contributed by atoms with Crippen LogP contribution in [0.5, 0.6) is 0 Å². The third kappa shape index (κ3) is 5.80. The summed E-state index contributed by atoms with van der Waals surface area (Å²) in [6, 6.07) is 0. The number of hydrogen-bond donors (Lipinski definition) is 2. The number of aliphatic hydroxyl groups excluding tert-OH is 1. The molecule has 0 saturated heterocycles. The van der Waals surface area contributed by atoms with Crippen molar-refractivity contribution in [3.05, 3.63) is 11.3 Å². The second-order valence-corrected chi connectivity index (χ2v) is 3.60. The SMILES string of the molecule is CCC(CC)=C(CC)ONCC(O)CC. The average Bonchev–Trinajstić information content (AvgIpc) is 2.27. The molecule has 0 radical (unpaired) electrons. The average molecular weight is 215 g/mol. The van der Waals surface area contributed by atoms with Gasteiger partial charge in [-0.05, 0) is 24.8 Å². The van der Waals surface area contributed by atoms with Crippen LogP contribution >= 0.6 is 0 Å². The lowest BCUT2D eigenvalue weighted by Crippen LogP contribution is -2.26. The fourth-order valence-corrected chi connectivity index (χ4v) is 1.41. The zero-order chi connectivity index (χ0) is 11.7. The second kappa shape index (κ2) is 8.74. The van der Waals surface area contributed by atoms with Gasteiger partial charge in [0.2, 0.25) is 0 Å². The number of aliphatic hydroxyl groups is 1. The van der Waals surface area contributed by atoms with Gasteiger partial charge in [0.05, 0.1) is 12.6 Å². The first-order valence-corrected chi connectivity index (χ1v) is 5.98. The molecule has 3 nitrogen and oxygen atoms in total. The molecule has 0 fully saturated rings. The van der Waals surface area contributed by atoms with Gasteiger partial charge >= 0.3 is 0 Å². The lowest BCUT2D eigenvalue weighted by Gasteiger charge is -2.15. The molecule has 3 heteroatoms. The van der Waals surface area contributed by atoms with Gasteiger partial charge in [-0.25, -0.2) is 0 Å². The lowest BCUT2D eigenvalue weighted by molar-refractivity contribution is 0.0531. The summed E-state index contributed by atoms with van der Waals surface area (Å²) in [5.41, 5.74) is 4.17. The number of nitrogens with one attached hydrogen (secondary N) is 1. The van der Waals surface area contributed by atoms with Crippen molar-refractivity contribution in [2.24, 2.45) is 0 Å². The van der Waals surface area contributed by atoms with Gasteiger partial charge in [0.15, 0.2) is 0 Å². The predicted octanol–water partition coefficient (Wildman–Crippen LogP) is 2.76. The van der Waals surface area contributed by atoms with Crippen molar-refractivity contribution in [2.75, 3.05) is 6.54 Å². The van der Waals surface area contributed by atoms with Crippen LogP contribution in [0, 0.1) is 0 Å². The molecule has 2 N–H and O–H groups in total. The standard InChI is InChI=1S/C12H25NO2/c1-5-10(6-2)12(8-4)15-13-9-11(14)7-3/h11,13-14H,5-9H2,1-4H3. The maximum Gasteiger partial charge on any atom is 0.123 e. The third-order valence-electron chi connectivity index (χ3n) is 2.55. The zero-order valence-corrected chi connectivity index (χ0v) is 10.5. The van der Waals surface area contributed by atoms with E-state index >= 15 is 0 Å². The number of hydroxylamine groups is 1. The van der Waals surface area contributed by atoms with Crippen LogP contribution in [0.1, 0.15) is 53.4 Å². The smallest absolute Gasteiger partial charge is 0.123 e. The highest BCUT2D eigenvalue weighted by Gasteiger charge is 2.05. The molecule has 0 heterocycles. The van der Waals surface area contributed by atoms with Crippen LogP contribution in [-0.4, -0.2) is 17.8 Å². The third-order valence-corrected chi connectivity index (χ3v) is 2.55. The summed E-state index contributed by atoms with van der Waals surface area (Å²) < 4.78 is 0. The Balaban J connectivity index is 4.05. The van der Waals surface area contributed by atoms with E-state index < -0.39 is 0 Å². The molecule has 15 heavy (non-hydrogen) atoms. The van der Waals surface area contributed by atoms with E-state index in [1.165, 1.54) is 5.57 Å². The Morgan fingerprint density at radius 2 is 1.73 bits per heavy atom. The molecular formula is C12H25NO2. The summed E-state index contributed by atoms with van der Waals surface area (Å²) in [6.07, 6.45) is 3.37. The van der Waals surface area contributed by atoms with E-state index in [-0.39, 0.29) is 6.10 Å². The quantitative estimate of drug-likeness (QED) is 0.483. The zero-order valence-electron chi connectivity index (χ0n) is 10.5. The first-order valence-electron chi connectivity index (χ1n) is 5.98. The molecule has 0 rings (SSSR count). The van der Waals surface area contributed by atoms with Crippen LogP contribution in [0.4, 0.5) is 0 Å². The molecule has 1 unspecified atom stereocenters. The molecule has 0 aromatic carbocycles. The normalized spacial score (nSPS) is 12.3. The molecule has 0 aliphatic rings. The number of rotatable bonds is 8. The Labute approximate surface area is 93.5 Å². The van der Waals surface area contributed by atoms with Crippen LogP contribution in [0.15, 0.2) is 11.3 Å². The van der Waals surface area contributed by atoms with Crippen molar-refractivity contribution < 1.29 is 9.94 Å². The van der Waals surface area contributed by atoms with E-state index in [9.17, 15) is 5.11 Å². The minimum absolute atomic E-state index is 0.324. The lowest BCUT2D eigenvalue weighted by atomic mass is 10.1. The summed E-state index contributed by atoms with van der Waals surface area (Å²) in [4.78, 5) is 5.48. The Morgan fingerprint density at radius 3 is 2.13 bits per heavy atom. The van der Waals surface area contributed by atoms with Crippen molar-refractivity contribution in [1.29, 1.82) is 0 Å². The fourth-order valence-electron chi connectivity index (χ4n) is 1.41. The molecular weight excluding hydrogens is 190 g/mol. The van der Waals surface area contributed by atoms with Gasteiger partial charge < -0.3 is 9.94 Å². The van der Waals surface area contributed by atoms with E-state index in [2.05, 4.69) is 26.3 Å². The summed E-state index contributed by atoms with van der Waals surface area (Å²) in [6.45, 7) is 8.79. The van der Waals surface area contributed by atoms with Gasteiger partial charge in [0.1, 0.15) is 5.76 Å². The van der Waals surface area contributed by atoms with E-state index in [1.807, 2.05) is 6.92 Å². The highest BCUT2D eigenvalue weighted by Crippen LogP contribution is 2.15. The maximum absolute atomic E-state index is 9.34. The molecule has 0 amide bonds. The Kier molecular flexibility index (Phi) is 8.43. The molecule has 0 saturated carbocycles. The molecule has 0 aliphatic carbocycles. The van der Waals surface area contributed by atoms with E-state index in [0.717, 1.165) is 31.4 Å². The van der Waals surface area contributed by atoms with Crippen molar-refractivity contribution in [3.8, 4) is 0 Å². The van der Waals surface area contributed by atoms with Gasteiger partial charge in [0.25, 0.3) is 0 Å². The largest absolute Gasteiger partial charge is 0.413 e. The summed E-state index contributed by atoms with van der Waals surface area (Å²) in [5.74, 6) is 1.02. The van der Waals surface area contributed by atoms with Crippen LogP contribution in [0.2, 0.25) is 0 Å². The van der Waals surface area contributed by atoms with Crippen molar-refractivity contribution in [3.63, 3.8) is 0 Å². The maximum atomic E-state index is 9.34. The highest BCUT2D eigenvalue weighted by molar-refractivity contribution is 5.06. The summed E-state index contributed by atoms with van der Waals surface area (Å²) >= 11 is 0. The van der Waals surface area contributed by atoms with Gasteiger partial charge in [-0.15, -0.1) is 0 Å². The summed E-state index contributed by atoms with van der Waals surface area (Å²) in [5, 5.41) is 9.34. The van der Waals surface area contributed by atoms with Crippen LogP contribution in [0.3, 0.4) is 0 Å². The molecule has 0 aliphatic heterocycles. The number of allylic oxidation sites excluding steroid dienone is 2. The van der Waals surface area contributed by atoms with Crippen molar-refractivity contribution in [2.45, 2.75) is 59.5 Å². The van der Waals surface area contributed by atoms with Crippen molar-refractivity contribution >= 4 is 0 Å². The van der Waals surface area contributed by atoms with Gasteiger partial charge in [-0.2, -0.15) is 5.48 Å². The van der Waals surface area contributed by atoms with E-state index in [0.29, 0.717) is 6.54 Å². The molecule has 0 aromatic rings. The first kappa shape index (κ1) is 14.5. The van der Waals surface area contributed by atoms with Crippen LogP contribution in [-0.2, 0) is 4.84 Å². The van der Waals surface area contributed by atoms with Crippen LogP contribution in [0.25, 0.3) is 0 Å². The highest BCUT2D eigenvalue weighted by atomic mass is 16.6. The minimum Gasteiger partial charge on any atom is -0.413 e. The van der Waals surface area contributed by atoms with Crippen LogP contribution < -0.4 is 5.48 Å². The topological polar surface area (TPSA) is 41.5 Å².